The highest BCUT2D eigenvalue weighted by Crippen LogP contribution is 2.37. The number of benzene rings is 3. The Bertz CT molecular complexity index is 1240. The van der Waals surface area contributed by atoms with Crippen molar-refractivity contribution in [3.8, 4) is 0 Å². The van der Waals surface area contributed by atoms with Crippen LogP contribution in [0, 0.1) is 0 Å². The molecule has 0 aliphatic heterocycles. The van der Waals surface area contributed by atoms with Gasteiger partial charge in [0.05, 0.1) is 11.0 Å². The zero-order valence-electron chi connectivity index (χ0n) is 18.5. The van der Waals surface area contributed by atoms with Crippen molar-refractivity contribution in [3.05, 3.63) is 101 Å². The van der Waals surface area contributed by atoms with Gasteiger partial charge in [0.1, 0.15) is 6.10 Å². The number of fused-ring (bicyclic) bond motifs is 1. The molecule has 1 heterocycles. The summed E-state index contributed by atoms with van der Waals surface area (Å²) in [5.74, 6) is -0.193. The Morgan fingerprint density at radius 2 is 1.62 bits per heavy atom. The first-order valence-electron chi connectivity index (χ1n) is 10.9. The summed E-state index contributed by atoms with van der Waals surface area (Å²) in [5.41, 5.74) is 1.16. The minimum Gasteiger partial charge on any atom is -0.385 e. The number of aryl methyl sites for hydroxylation is 1. The zero-order chi connectivity index (χ0) is 24.3. The molecular formula is C26H25F2N3O3. The molecule has 0 saturated carbocycles. The number of carbonyl (C=O) groups is 1. The molecule has 3 N–H and O–H groups in total. The number of imidazole rings is 1. The van der Waals surface area contributed by atoms with Crippen LogP contribution in [-0.4, -0.2) is 44.7 Å². The van der Waals surface area contributed by atoms with E-state index in [0.717, 1.165) is 0 Å². The lowest BCUT2D eigenvalue weighted by Gasteiger charge is -2.29. The minimum atomic E-state index is -2.94. The quantitative estimate of drug-likeness (QED) is 0.370. The number of alkyl halides is 2. The summed E-state index contributed by atoms with van der Waals surface area (Å²) in [4.78, 5) is 17.3. The molecule has 1 aromatic heterocycles. The first-order valence-corrected chi connectivity index (χ1v) is 10.9. The van der Waals surface area contributed by atoms with E-state index >= 15 is 0 Å². The Morgan fingerprint density at radius 3 is 2.15 bits per heavy atom. The average molecular weight is 466 g/mol. The van der Waals surface area contributed by atoms with Gasteiger partial charge < -0.3 is 20.1 Å². The van der Waals surface area contributed by atoms with Gasteiger partial charge in [-0.05, 0) is 36.2 Å². The molecule has 0 bridgehead atoms. The number of carbonyl (C=O) groups excluding carboxylic acids is 1. The van der Waals surface area contributed by atoms with Gasteiger partial charge in [-0.15, -0.1) is 0 Å². The van der Waals surface area contributed by atoms with E-state index in [4.69, 9.17) is 4.98 Å². The van der Waals surface area contributed by atoms with Gasteiger partial charge in [-0.1, -0.05) is 60.7 Å². The van der Waals surface area contributed by atoms with Gasteiger partial charge in [0.25, 0.3) is 12.3 Å². The number of nitrogens with zero attached hydrogens (tertiary/aromatic N) is 2. The van der Waals surface area contributed by atoms with Gasteiger partial charge in [0.15, 0.2) is 11.4 Å². The molecule has 0 aliphatic carbocycles. The van der Waals surface area contributed by atoms with E-state index < -0.39 is 30.6 Å². The van der Waals surface area contributed by atoms with E-state index in [-0.39, 0.29) is 5.56 Å². The van der Waals surface area contributed by atoms with Crippen LogP contribution in [0.4, 0.5) is 8.78 Å². The topological polar surface area (TPSA) is 87.4 Å². The van der Waals surface area contributed by atoms with Crippen LogP contribution < -0.4 is 5.32 Å². The number of hydrogen-bond donors (Lipinski definition) is 3. The molecule has 4 rings (SSSR count). The molecule has 0 spiro atoms. The van der Waals surface area contributed by atoms with Crippen LogP contribution in [0.15, 0.2) is 78.9 Å². The standard InChI is InChI=1S/C26H25F2N3O3/c1-2-31-21-15-17(24(33)29-16-22(32)23(27)28)13-14-20(21)30-25(31)26(34,18-9-5-3-6-10-18)19-11-7-4-8-12-19/h3-15,22-23,32,34H,2,16H2,1H3,(H,29,33). The number of aliphatic hydroxyl groups is 2. The van der Waals surface area contributed by atoms with Crippen molar-refractivity contribution in [2.45, 2.75) is 31.6 Å². The molecular weight excluding hydrogens is 440 g/mol. The van der Waals surface area contributed by atoms with Gasteiger partial charge in [-0.2, -0.15) is 0 Å². The van der Waals surface area contributed by atoms with Gasteiger partial charge in [0, 0.05) is 18.7 Å². The van der Waals surface area contributed by atoms with E-state index in [2.05, 4.69) is 5.32 Å². The van der Waals surface area contributed by atoms with E-state index in [1.165, 1.54) is 6.07 Å². The lowest BCUT2D eigenvalue weighted by molar-refractivity contribution is -0.00270. The Hall–Kier alpha value is -3.62. The maximum Gasteiger partial charge on any atom is 0.265 e. The summed E-state index contributed by atoms with van der Waals surface area (Å²) in [6.45, 7) is 1.81. The third-order valence-electron chi connectivity index (χ3n) is 5.80. The molecule has 1 atom stereocenters. The minimum absolute atomic E-state index is 0.234. The largest absolute Gasteiger partial charge is 0.385 e. The summed E-state index contributed by atoms with van der Waals surface area (Å²) in [6.07, 6.45) is -4.88. The lowest BCUT2D eigenvalue weighted by atomic mass is 9.85. The zero-order valence-corrected chi connectivity index (χ0v) is 18.5. The summed E-state index contributed by atoms with van der Waals surface area (Å²) in [6, 6.07) is 23.2. The van der Waals surface area contributed by atoms with Crippen LogP contribution in [0.2, 0.25) is 0 Å². The van der Waals surface area contributed by atoms with Gasteiger partial charge in [-0.3, -0.25) is 4.79 Å². The van der Waals surface area contributed by atoms with Crippen LogP contribution in [0.1, 0.15) is 34.2 Å². The molecule has 1 unspecified atom stereocenters. The van der Waals surface area contributed by atoms with Crippen molar-refractivity contribution >= 4 is 16.9 Å². The molecule has 0 saturated heterocycles. The number of amides is 1. The number of halogens is 2. The number of aromatic nitrogens is 2. The monoisotopic (exact) mass is 465 g/mol. The fraction of sp³-hybridized carbons (Fsp3) is 0.231. The Balaban J connectivity index is 1.81. The maximum atomic E-state index is 12.5. The summed E-state index contributed by atoms with van der Waals surface area (Å²) >= 11 is 0. The van der Waals surface area contributed by atoms with Crippen LogP contribution in [0.3, 0.4) is 0 Å². The number of hydrogen-bond acceptors (Lipinski definition) is 4. The molecule has 0 aliphatic rings. The van der Waals surface area contributed by atoms with Crippen molar-refractivity contribution in [3.63, 3.8) is 0 Å². The SMILES string of the molecule is CCn1c(C(O)(c2ccccc2)c2ccccc2)nc2ccc(C(=O)NCC(O)C(F)F)cc21. The third-order valence-corrected chi connectivity index (χ3v) is 5.80. The van der Waals surface area contributed by atoms with E-state index in [1.54, 1.807) is 12.1 Å². The van der Waals surface area contributed by atoms with Gasteiger partial charge in [-0.25, -0.2) is 13.8 Å². The Morgan fingerprint density at radius 1 is 1.03 bits per heavy atom. The van der Waals surface area contributed by atoms with Crippen LogP contribution in [0.5, 0.6) is 0 Å². The Kier molecular flexibility index (Phi) is 6.72. The second-order valence-corrected chi connectivity index (χ2v) is 7.94. The smallest absolute Gasteiger partial charge is 0.265 e. The highest BCUT2D eigenvalue weighted by Gasteiger charge is 2.38. The van der Waals surface area contributed by atoms with Gasteiger partial charge in [0.2, 0.25) is 0 Å². The predicted octanol–water partition coefficient (Wildman–Crippen LogP) is 3.70. The highest BCUT2D eigenvalue weighted by atomic mass is 19.3. The van der Waals surface area contributed by atoms with Crippen molar-refractivity contribution in [1.29, 1.82) is 0 Å². The normalized spacial score (nSPS) is 12.8. The van der Waals surface area contributed by atoms with E-state index in [9.17, 15) is 23.8 Å². The molecule has 0 radical (unpaired) electrons. The predicted molar refractivity (Wildman–Crippen MR) is 125 cm³/mol. The fourth-order valence-corrected chi connectivity index (χ4v) is 4.03. The average Bonchev–Trinajstić information content (AvgIpc) is 3.25. The van der Waals surface area contributed by atoms with E-state index in [1.807, 2.05) is 72.2 Å². The van der Waals surface area contributed by atoms with Crippen molar-refractivity contribution in [1.82, 2.24) is 14.9 Å². The third kappa shape index (κ3) is 4.30. The van der Waals surface area contributed by atoms with Crippen LogP contribution >= 0.6 is 0 Å². The molecule has 34 heavy (non-hydrogen) atoms. The molecule has 1 amide bonds. The number of aliphatic hydroxyl groups excluding tert-OH is 1. The number of rotatable bonds is 8. The first-order chi connectivity index (χ1) is 16.4. The molecule has 6 nitrogen and oxygen atoms in total. The molecule has 0 fully saturated rings. The second-order valence-electron chi connectivity index (χ2n) is 7.94. The molecule has 4 aromatic rings. The fourth-order valence-electron chi connectivity index (χ4n) is 4.03. The molecule has 8 heteroatoms. The second kappa shape index (κ2) is 9.70. The van der Waals surface area contributed by atoms with Crippen molar-refractivity contribution in [2.24, 2.45) is 0 Å². The lowest BCUT2D eigenvalue weighted by Crippen LogP contribution is -2.35. The van der Waals surface area contributed by atoms with Gasteiger partial charge >= 0.3 is 0 Å². The summed E-state index contributed by atoms with van der Waals surface area (Å²) < 4.78 is 26.9. The number of nitrogens with one attached hydrogen (secondary N) is 1. The molecule has 3 aromatic carbocycles. The van der Waals surface area contributed by atoms with E-state index in [0.29, 0.717) is 34.5 Å². The van der Waals surface area contributed by atoms with Crippen LogP contribution in [-0.2, 0) is 12.1 Å². The van der Waals surface area contributed by atoms with Crippen LogP contribution in [0.25, 0.3) is 11.0 Å². The van der Waals surface area contributed by atoms with Crippen molar-refractivity contribution in [2.75, 3.05) is 6.54 Å². The van der Waals surface area contributed by atoms with Crippen molar-refractivity contribution < 1.29 is 23.8 Å². The maximum absolute atomic E-state index is 12.5. The highest BCUT2D eigenvalue weighted by molar-refractivity contribution is 5.97. The summed E-state index contributed by atoms with van der Waals surface area (Å²) in [7, 11) is 0. The Labute approximate surface area is 195 Å². The first kappa shape index (κ1) is 23.5. The molecule has 176 valence electrons. The summed E-state index contributed by atoms with van der Waals surface area (Å²) in [5, 5.41) is 23.8.